The predicted octanol–water partition coefficient (Wildman–Crippen LogP) is 0.226. The number of hydrogen-bond donors (Lipinski definition) is 0. The topological polar surface area (TPSA) is 49.9 Å². The molecule has 2 heterocycles. The van der Waals surface area contributed by atoms with Gasteiger partial charge in [0.25, 0.3) is 0 Å². The first-order valence-electron chi connectivity index (χ1n) is 6.01. The summed E-state index contributed by atoms with van der Waals surface area (Å²) < 4.78 is 5.06. The molecule has 2 aliphatic rings. The largest absolute Gasteiger partial charge is 0.465 e. The molecule has 2 unspecified atom stereocenters. The van der Waals surface area contributed by atoms with Gasteiger partial charge in [0.1, 0.15) is 12.1 Å². The number of fused-ring (bicyclic) bond motifs is 1. The summed E-state index contributed by atoms with van der Waals surface area (Å²) in [4.78, 5) is 27.4. The van der Waals surface area contributed by atoms with Crippen LogP contribution in [0.25, 0.3) is 0 Å². The van der Waals surface area contributed by atoms with Gasteiger partial charge in [0.05, 0.1) is 6.61 Å². The lowest BCUT2D eigenvalue weighted by atomic mass is 9.97. The maximum Gasteiger partial charge on any atom is 0.316 e. The minimum atomic E-state index is -0.363. The van der Waals surface area contributed by atoms with Crippen LogP contribution in [-0.2, 0) is 14.3 Å². The van der Waals surface area contributed by atoms with Crippen molar-refractivity contribution in [2.75, 3.05) is 26.7 Å². The number of rotatable bonds is 2. The fourth-order valence-corrected chi connectivity index (χ4v) is 2.52. The highest BCUT2D eigenvalue weighted by molar-refractivity contribution is 5.91. The Morgan fingerprint density at radius 2 is 2.29 bits per heavy atom. The Balaban J connectivity index is 2.23. The zero-order valence-corrected chi connectivity index (χ0v) is 10.3. The zero-order chi connectivity index (χ0) is 12.4. The quantitative estimate of drug-likeness (QED) is 0.646. The lowest BCUT2D eigenvalue weighted by Gasteiger charge is -2.45. The Kier molecular flexibility index (Phi) is 3.47. The zero-order valence-electron chi connectivity index (χ0n) is 10.3. The van der Waals surface area contributed by atoms with E-state index < -0.39 is 0 Å². The molecule has 0 saturated carbocycles. The van der Waals surface area contributed by atoms with Gasteiger partial charge in [-0.25, -0.2) is 0 Å². The van der Waals surface area contributed by atoms with Crippen LogP contribution < -0.4 is 0 Å². The van der Waals surface area contributed by atoms with Crippen molar-refractivity contribution in [3.05, 3.63) is 12.2 Å². The molecule has 5 heteroatoms. The molecule has 2 atom stereocenters. The van der Waals surface area contributed by atoms with Gasteiger partial charge in [0.15, 0.2) is 0 Å². The molecule has 0 aromatic carbocycles. The molecular formula is C12H18N2O3. The highest BCUT2D eigenvalue weighted by Crippen LogP contribution is 2.26. The molecule has 1 saturated heterocycles. The first-order chi connectivity index (χ1) is 8.15. The molecule has 2 aliphatic heterocycles. The smallest absolute Gasteiger partial charge is 0.316 e. The Labute approximate surface area is 101 Å². The highest BCUT2D eigenvalue weighted by Gasteiger charge is 2.41. The standard InChI is InChI=1S/C12H18N2O3/c1-3-17-12(16)9-5-6-10(15)14-8-4-7-13(2)11(9)14/h5-6,9,11H,3-4,7-8H2,1-2H3. The second-order valence-electron chi connectivity index (χ2n) is 4.42. The van der Waals surface area contributed by atoms with E-state index in [0.29, 0.717) is 13.2 Å². The lowest BCUT2D eigenvalue weighted by molar-refractivity contribution is -0.156. The van der Waals surface area contributed by atoms with Gasteiger partial charge in [-0.2, -0.15) is 0 Å². The molecule has 1 fully saturated rings. The van der Waals surface area contributed by atoms with E-state index in [0.717, 1.165) is 13.0 Å². The van der Waals surface area contributed by atoms with Crippen LogP contribution >= 0.6 is 0 Å². The number of amides is 1. The van der Waals surface area contributed by atoms with Crippen molar-refractivity contribution in [1.29, 1.82) is 0 Å². The average Bonchev–Trinajstić information content (AvgIpc) is 2.31. The highest BCUT2D eigenvalue weighted by atomic mass is 16.5. The number of hydrogen-bond acceptors (Lipinski definition) is 4. The molecule has 2 rings (SSSR count). The van der Waals surface area contributed by atoms with Gasteiger partial charge in [-0.3, -0.25) is 14.5 Å². The number of ether oxygens (including phenoxy) is 1. The van der Waals surface area contributed by atoms with Crippen molar-refractivity contribution in [3.63, 3.8) is 0 Å². The van der Waals surface area contributed by atoms with Crippen LogP contribution in [0.1, 0.15) is 13.3 Å². The van der Waals surface area contributed by atoms with Gasteiger partial charge in [0.2, 0.25) is 5.91 Å². The fourth-order valence-electron chi connectivity index (χ4n) is 2.52. The van der Waals surface area contributed by atoms with Crippen LogP contribution in [0.15, 0.2) is 12.2 Å². The first kappa shape index (κ1) is 12.1. The van der Waals surface area contributed by atoms with Crippen molar-refractivity contribution in [3.8, 4) is 0 Å². The normalized spacial score (nSPS) is 29.1. The second-order valence-corrected chi connectivity index (χ2v) is 4.42. The summed E-state index contributed by atoms with van der Waals surface area (Å²) in [5.41, 5.74) is 0. The fraction of sp³-hybridized carbons (Fsp3) is 0.667. The molecule has 0 aliphatic carbocycles. The average molecular weight is 238 g/mol. The lowest BCUT2D eigenvalue weighted by Crippen LogP contribution is -2.60. The summed E-state index contributed by atoms with van der Waals surface area (Å²) in [6.07, 6.45) is 3.92. The Morgan fingerprint density at radius 3 is 3.00 bits per heavy atom. The minimum Gasteiger partial charge on any atom is -0.465 e. The third kappa shape index (κ3) is 2.20. The number of carbonyl (C=O) groups is 2. The van der Waals surface area contributed by atoms with Crippen LogP contribution in [0.5, 0.6) is 0 Å². The van der Waals surface area contributed by atoms with E-state index in [2.05, 4.69) is 0 Å². The Hall–Kier alpha value is -1.36. The Bertz CT molecular complexity index is 354. The van der Waals surface area contributed by atoms with Crippen molar-refractivity contribution in [1.82, 2.24) is 9.80 Å². The van der Waals surface area contributed by atoms with Gasteiger partial charge < -0.3 is 9.64 Å². The van der Waals surface area contributed by atoms with Crippen molar-refractivity contribution in [2.45, 2.75) is 19.5 Å². The molecule has 0 aromatic rings. The van der Waals surface area contributed by atoms with Gasteiger partial charge in [-0.15, -0.1) is 0 Å². The molecule has 17 heavy (non-hydrogen) atoms. The van der Waals surface area contributed by atoms with Crippen molar-refractivity contribution < 1.29 is 14.3 Å². The van der Waals surface area contributed by atoms with Gasteiger partial charge in [-0.05, 0) is 20.4 Å². The molecule has 0 spiro atoms. The minimum absolute atomic E-state index is 0.0119. The summed E-state index contributed by atoms with van der Waals surface area (Å²) in [5, 5.41) is 0. The van der Waals surface area contributed by atoms with E-state index >= 15 is 0 Å². The van der Waals surface area contributed by atoms with Crippen LogP contribution in [0.4, 0.5) is 0 Å². The number of carbonyl (C=O) groups excluding carboxylic acids is 2. The third-order valence-corrected chi connectivity index (χ3v) is 3.29. The Morgan fingerprint density at radius 1 is 1.53 bits per heavy atom. The van der Waals surface area contributed by atoms with Crippen LogP contribution in [0.3, 0.4) is 0 Å². The summed E-state index contributed by atoms with van der Waals surface area (Å²) in [5.74, 6) is -0.625. The SMILES string of the molecule is CCOC(=O)C1C=CC(=O)N2CCCN(C)C12. The molecule has 0 aromatic heterocycles. The summed E-state index contributed by atoms with van der Waals surface area (Å²) in [6, 6.07) is 0. The van der Waals surface area contributed by atoms with Crippen molar-refractivity contribution >= 4 is 11.9 Å². The molecule has 0 N–H and O–H groups in total. The molecule has 0 radical (unpaired) electrons. The molecule has 1 amide bonds. The summed E-state index contributed by atoms with van der Waals surface area (Å²) in [7, 11) is 1.94. The summed E-state index contributed by atoms with van der Waals surface area (Å²) >= 11 is 0. The monoisotopic (exact) mass is 238 g/mol. The first-order valence-corrected chi connectivity index (χ1v) is 6.01. The van der Waals surface area contributed by atoms with Crippen LogP contribution in [-0.4, -0.2) is 54.6 Å². The molecule has 94 valence electrons. The van der Waals surface area contributed by atoms with Crippen LogP contribution in [0.2, 0.25) is 0 Å². The third-order valence-electron chi connectivity index (χ3n) is 3.29. The predicted molar refractivity (Wildman–Crippen MR) is 62.0 cm³/mol. The maximum absolute atomic E-state index is 11.9. The van der Waals surface area contributed by atoms with E-state index in [4.69, 9.17) is 4.74 Å². The van der Waals surface area contributed by atoms with Gasteiger partial charge >= 0.3 is 5.97 Å². The van der Waals surface area contributed by atoms with E-state index in [1.165, 1.54) is 6.08 Å². The maximum atomic E-state index is 11.9. The molecule has 0 bridgehead atoms. The van der Waals surface area contributed by atoms with E-state index in [1.54, 1.807) is 17.9 Å². The van der Waals surface area contributed by atoms with Gasteiger partial charge in [0, 0.05) is 19.2 Å². The number of esters is 1. The molecular weight excluding hydrogens is 220 g/mol. The van der Waals surface area contributed by atoms with Crippen LogP contribution in [0, 0.1) is 5.92 Å². The van der Waals surface area contributed by atoms with Gasteiger partial charge in [-0.1, -0.05) is 6.08 Å². The van der Waals surface area contributed by atoms with E-state index in [1.807, 2.05) is 11.9 Å². The molecule has 5 nitrogen and oxygen atoms in total. The summed E-state index contributed by atoms with van der Waals surface area (Å²) in [6.45, 7) is 3.78. The van der Waals surface area contributed by atoms with Crippen molar-refractivity contribution in [2.24, 2.45) is 5.92 Å². The second kappa shape index (κ2) is 4.87. The van der Waals surface area contributed by atoms with E-state index in [9.17, 15) is 9.59 Å². The number of nitrogens with zero attached hydrogens (tertiary/aromatic N) is 2. The van der Waals surface area contributed by atoms with E-state index in [-0.39, 0.29) is 24.0 Å².